The van der Waals surface area contributed by atoms with Gasteiger partial charge in [0.2, 0.25) is 0 Å². The molecular formula is C23H20BrNO4. The van der Waals surface area contributed by atoms with Crippen molar-refractivity contribution in [3.05, 3.63) is 112 Å². The lowest BCUT2D eigenvalue weighted by Crippen LogP contribution is -2.37. The van der Waals surface area contributed by atoms with E-state index in [0.717, 1.165) is 0 Å². The zero-order valence-electron chi connectivity index (χ0n) is 15.8. The molecule has 0 saturated heterocycles. The average Bonchev–Trinajstić information content (AvgIpc) is 2.78. The summed E-state index contributed by atoms with van der Waals surface area (Å²) in [7, 11) is 1.55. The molecule has 0 aliphatic carbocycles. The molecule has 0 fully saturated rings. The second kappa shape index (κ2) is 9.01. The number of nitrogens with zero attached hydrogens (tertiary/aromatic N) is 1. The van der Waals surface area contributed by atoms with Gasteiger partial charge >= 0.3 is 4.45 Å². The van der Waals surface area contributed by atoms with Gasteiger partial charge in [-0.3, -0.25) is 14.9 Å². The third-order valence-corrected chi connectivity index (χ3v) is 6.21. The van der Waals surface area contributed by atoms with Gasteiger partial charge in [0, 0.05) is 38.4 Å². The molecule has 3 aromatic carbocycles. The Balaban J connectivity index is 2.04. The summed E-state index contributed by atoms with van der Waals surface area (Å²) in [6.45, 7) is 0. The largest absolute Gasteiger partial charge is 0.497 e. The van der Waals surface area contributed by atoms with Crippen molar-refractivity contribution in [2.45, 2.75) is 16.8 Å². The number of Topliss-reactive ketones (excluding diaryl/α,β-unsaturated/α-hetero) is 1. The molecule has 0 aliphatic heterocycles. The van der Waals surface area contributed by atoms with E-state index in [1.54, 1.807) is 61.7 Å². The Morgan fingerprint density at radius 2 is 1.55 bits per heavy atom. The van der Waals surface area contributed by atoms with E-state index in [9.17, 15) is 14.9 Å². The number of rotatable bonds is 8. The van der Waals surface area contributed by atoms with Crippen LogP contribution in [0.5, 0.6) is 5.75 Å². The van der Waals surface area contributed by atoms with Crippen LogP contribution in [-0.2, 0) is 4.45 Å². The maximum Gasteiger partial charge on any atom is 0.306 e. The SMILES string of the molecule is COc1ccc(C(=O)C[C@@H](c2ccccc2)[C@](Br)(c2ccccc2)[N+](=O)[O-])cc1. The first-order valence-electron chi connectivity index (χ1n) is 9.08. The number of halogens is 1. The fourth-order valence-corrected chi connectivity index (χ4v) is 4.04. The van der Waals surface area contributed by atoms with Gasteiger partial charge in [-0.1, -0.05) is 60.7 Å². The number of ether oxygens (including phenoxy) is 1. The van der Waals surface area contributed by atoms with Crippen LogP contribution in [0.2, 0.25) is 0 Å². The molecule has 3 rings (SSSR count). The minimum atomic E-state index is -1.64. The van der Waals surface area contributed by atoms with Crippen LogP contribution in [0.3, 0.4) is 0 Å². The van der Waals surface area contributed by atoms with E-state index >= 15 is 0 Å². The lowest BCUT2D eigenvalue weighted by Gasteiger charge is -2.29. The van der Waals surface area contributed by atoms with E-state index in [1.807, 2.05) is 30.3 Å². The van der Waals surface area contributed by atoms with E-state index in [2.05, 4.69) is 15.9 Å². The Morgan fingerprint density at radius 1 is 1.00 bits per heavy atom. The number of nitro groups is 1. The van der Waals surface area contributed by atoms with Crippen LogP contribution in [-0.4, -0.2) is 17.8 Å². The topological polar surface area (TPSA) is 69.4 Å². The second-order valence-corrected chi connectivity index (χ2v) is 7.82. The monoisotopic (exact) mass is 453 g/mol. The zero-order chi connectivity index (χ0) is 20.9. The first-order chi connectivity index (χ1) is 14.0. The predicted molar refractivity (Wildman–Crippen MR) is 115 cm³/mol. The van der Waals surface area contributed by atoms with Crippen LogP contribution in [0.15, 0.2) is 84.9 Å². The van der Waals surface area contributed by atoms with Crippen molar-refractivity contribution < 1.29 is 14.5 Å². The predicted octanol–water partition coefficient (Wildman–Crippen LogP) is 5.58. The van der Waals surface area contributed by atoms with Crippen LogP contribution in [0.1, 0.15) is 33.8 Å². The highest BCUT2D eigenvalue weighted by atomic mass is 79.9. The normalized spacial score (nSPS) is 13.9. The number of benzene rings is 3. The summed E-state index contributed by atoms with van der Waals surface area (Å²) in [6, 6.07) is 24.6. The molecule has 0 N–H and O–H groups in total. The van der Waals surface area contributed by atoms with Gasteiger partial charge in [-0.15, -0.1) is 0 Å². The smallest absolute Gasteiger partial charge is 0.306 e. The number of methoxy groups -OCH3 is 1. The van der Waals surface area contributed by atoms with Crippen LogP contribution in [0.4, 0.5) is 0 Å². The maximum absolute atomic E-state index is 13.0. The van der Waals surface area contributed by atoms with E-state index in [1.165, 1.54) is 0 Å². The molecule has 2 atom stereocenters. The molecule has 6 heteroatoms. The quantitative estimate of drug-likeness (QED) is 0.147. The molecule has 148 valence electrons. The molecule has 29 heavy (non-hydrogen) atoms. The summed E-state index contributed by atoms with van der Waals surface area (Å²) in [5.41, 5.74) is 1.69. The van der Waals surface area contributed by atoms with Gasteiger partial charge in [0.15, 0.2) is 5.78 Å². The molecule has 0 bridgehead atoms. The van der Waals surface area contributed by atoms with Crippen molar-refractivity contribution in [1.82, 2.24) is 0 Å². The van der Waals surface area contributed by atoms with E-state index in [0.29, 0.717) is 22.4 Å². The van der Waals surface area contributed by atoms with Gasteiger partial charge in [0.05, 0.1) is 13.0 Å². The summed E-state index contributed by atoms with van der Waals surface area (Å²) < 4.78 is 3.49. The summed E-state index contributed by atoms with van der Waals surface area (Å²) in [6.07, 6.45) is -0.0303. The van der Waals surface area contributed by atoms with Gasteiger partial charge < -0.3 is 4.74 Å². The molecule has 0 amide bonds. The van der Waals surface area contributed by atoms with Crippen molar-refractivity contribution in [3.63, 3.8) is 0 Å². The van der Waals surface area contributed by atoms with Crippen LogP contribution < -0.4 is 4.74 Å². The summed E-state index contributed by atoms with van der Waals surface area (Å²) >= 11 is 3.41. The fourth-order valence-electron chi connectivity index (χ4n) is 3.35. The second-order valence-electron chi connectivity index (χ2n) is 6.62. The minimum absolute atomic E-state index is 0.0303. The molecule has 0 spiro atoms. The summed E-state index contributed by atoms with van der Waals surface area (Å²) in [4.78, 5) is 25.0. The Bertz CT molecular complexity index is 977. The summed E-state index contributed by atoms with van der Waals surface area (Å²) in [5.74, 6) is -0.246. The Morgan fingerprint density at radius 3 is 2.07 bits per heavy atom. The molecule has 0 aliphatic rings. The number of alkyl halides is 1. The minimum Gasteiger partial charge on any atom is -0.497 e. The van der Waals surface area contributed by atoms with E-state index in [-0.39, 0.29) is 17.1 Å². The van der Waals surface area contributed by atoms with Crippen LogP contribution in [0.25, 0.3) is 0 Å². The first-order valence-corrected chi connectivity index (χ1v) is 9.87. The third kappa shape index (κ3) is 4.38. The Hall–Kier alpha value is -2.99. The lowest BCUT2D eigenvalue weighted by molar-refractivity contribution is -0.548. The highest BCUT2D eigenvalue weighted by Gasteiger charge is 2.51. The fraction of sp³-hybridized carbons (Fsp3) is 0.174. The molecule has 0 radical (unpaired) electrons. The standard InChI is InChI=1S/C23H20BrNO4/c1-29-20-14-12-18(13-15-20)22(26)16-21(17-8-4-2-5-9-17)23(24,25(27)28)19-10-6-3-7-11-19/h2-15,21H,16H2,1H3/t21-,23-/m0/s1. The van der Waals surface area contributed by atoms with Gasteiger partial charge in [-0.25, -0.2) is 0 Å². The Labute approximate surface area is 177 Å². The molecule has 0 heterocycles. The molecular weight excluding hydrogens is 434 g/mol. The number of carbonyl (C=O) groups excluding carboxylic acids is 1. The van der Waals surface area contributed by atoms with Crippen LogP contribution in [0, 0.1) is 10.1 Å². The number of carbonyl (C=O) groups is 1. The van der Waals surface area contributed by atoms with Crippen molar-refractivity contribution in [1.29, 1.82) is 0 Å². The van der Waals surface area contributed by atoms with Crippen molar-refractivity contribution >= 4 is 21.7 Å². The van der Waals surface area contributed by atoms with E-state index < -0.39 is 10.4 Å². The van der Waals surface area contributed by atoms with Crippen molar-refractivity contribution in [2.75, 3.05) is 7.11 Å². The zero-order valence-corrected chi connectivity index (χ0v) is 17.4. The Kier molecular flexibility index (Phi) is 6.44. The number of ketones is 1. The first kappa shape index (κ1) is 20.7. The van der Waals surface area contributed by atoms with Crippen molar-refractivity contribution in [2.24, 2.45) is 0 Å². The van der Waals surface area contributed by atoms with Crippen molar-refractivity contribution in [3.8, 4) is 5.75 Å². The highest BCUT2D eigenvalue weighted by Crippen LogP contribution is 2.47. The number of hydrogen-bond donors (Lipinski definition) is 0. The lowest BCUT2D eigenvalue weighted by atomic mass is 9.82. The molecule has 0 saturated carbocycles. The van der Waals surface area contributed by atoms with E-state index in [4.69, 9.17) is 4.74 Å². The average molecular weight is 454 g/mol. The van der Waals surface area contributed by atoms with Gasteiger partial charge in [0.1, 0.15) is 5.75 Å². The summed E-state index contributed by atoms with van der Waals surface area (Å²) in [5, 5.41) is 12.3. The molecule has 3 aromatic rings. The van der Waals surface area contributed by atoms with Gasteiger partial charge in [-0.2, -0.15) is 0 Å². The number of hydrogen-bond acceptors (Lipinski definition) is 4. The molecule has 0 aromatic heterocycles. The molecule has 0 unspecified atom stereocenters. The highest BCUT2D eigenvalue weighted by molar-refractivity contribution is 9.09. The third-order valence-electron chi connectivity index (χ3n) is 4.91. The van der Waals surface area contributed by atoms with Gasteiger partial charge in [-0.05, 0) is 29.8 Å². The molecule has 5 nitrogen and oxygen atoms in total. The van der Waals surface area contributed by atoms with Crippen LogP contribution >= 0.6 is 15.9 Å². The van der Waals surface area contributed by atoms with Gasteiger partial charge in [0.25, 0.3) is 0 Å². The maximum atomic E-state index is 13.0.